The number of nitrogens with one attached hydrogen (secondary N) is 2. The smallest absolute Gasteiger partial charge is 0.337 e. The van der Waals surface area contributed by atoms with E-state index >= 15 is 0 Å². The Bertz CT molecular complexity index is 467. The van der Waals surface area contributed by atoms with Gasteiger partial charge in [-0.2, -0.15) is 0 Å². The predicted octanol–water partition coefficient (Wildman–Crippen LogP) is 1.33. The molecule has 20 heavy (non-hydrogen) atoms. The average molecular weight is 278 g/mol. The minimum atomic E-state index is -0.458. The molecule has 1 aromatic rings. The molecule has 0 fully saturated rings. The van der Waals surface area contributed by atoms with Gasteiger partial charge in [-0.15, -0.1) is 0 Å². The van der Waals surface area contributed by atoms with Gasteiger partial charge in [0.2, 0.25) is 5.91 Å². The number of ether oxygens (including phenoxy) is 1. The van der Waals surface area contributed by atoms with E-state index in [4.69, 9.17) is 0 Å². The van der Waals surface area contributed by atoms with Gasteiger partial charge >= 0.3 is 5.97 Å². The highest BCUT2D eigenvalue weighted by Crippen LogP contribution is 2.13. The zero-order chi connectivity index (χ0) is 15.2. The summed E-state index contributed by atoms with van der Waals surface area (Å²) in [6.45, 7) is 4.99. The quantitative estimate of drug-likeness (QED) is 0.771. The van der Waals surface area contributed by atoms with Crippen molar-refractivity contribution in [1.29, 1.82) is 0 Å². The molecule has 0 spiro atoms. The minimum absolute atomic E-state index is 0.00559. The Morgan fingerprint density at radius 1 is 1.20 bits per heavy atom. The van der Waals surface area contributed by atoms with Crippen molar-refractivity contribution in [1.82, 2.24) is 10.6 Å². The lowest BCUT2D eigenvalue weighted by molar-refractivity contribution is -0.128. The second kappa shape index (κ2) is 7.05. The van der Waals surface area contributed by atoms with E-state index in [-0.39, 0.29) is 11.9 Å². The summed E-state index contributed by atoms with van der Waals surface area (Å²) in [5.74, 6) is -0.337. The third kappa shape index (κ3) is 4.35. The molecule has 0 bridgehead atoms. The van der Waals surface area contributed by atoms with Gasteiger partial charge in [0, 0.05) is 20.1 Å². The number of carbonyl (C=O) groups excluding carboxylic acids is 2. The van der Waals surface area contributed by atoms with Gasteiger partial charge in [0.25, 0.3) is 0 Å². The van der Waals surface area contributed by atoms with Crippen LogP contribution < -0.4 is 10.6 Å². The van der Waals surface area contributed by atoms with Crippen LogP contribution in [0.3, 0.4) is 0 Å². The van der Waals surface area contributed by atoms with Crippen LogP contribution in [0.5, 0.6) is 0 Å². The molecule has 5 heteroatoms. The molecular weight excluding hydrogens is 256 g/mol. The highest BCUT2D eigenvalue weighted by Gasteiger charge is 2.25. The molecule has 0 aliphatic heterocycles. The number of hydrogen-bond acceptors (Lipinski definition) is 4. The molecule has 0 saturated heterocycles. The lowest BCUT2D eigenvalue weighted by Crippen LogP contribution is -2.41. The summed E-state index contributed by atoms with van der Waals surface area (Å²) in [6, 6.07) is 7.19. The fraction of sp³-hybridized carbons (Fsp3) is 0.467. The van der Waals surface area contributed by atoms with Crippen molar-refractivity contribution in [3.63, 3.8) is 0 Å². The first kappa shape index (κ1) is 16.2. The van der Waals surface area contributed by atoms with Crippen molar-refractivity contribution in [2.75, 3.05) is 20.7 Å². The van der Waals surface area contributed by atoms with E-state index in [1.807, 2.05) is 26.0 Å². The standard InChI is InChI=1S/C15H22N2O3/c1-15(2,14(19)16-3)10-17-9-11-5-7-12(8-6-11)13(18)20-4/h5-8,17H,9-10H2,1-4H3,(H,16,19). The molecule has 5 nitrogen and oxygen atoms in total. The third-order valence-electron chi connectivity index (χ3n) is 3.11. The molecule has 1 amide bonds. The number of carbonyl (C=O) groups is 2. The first-order valence-corrected chi connectivity index (χ1v) is 6.51. The molecule has 2 N–H and O–H groups in total. The van der Waals surface area contributed by atoms with E-state index in [1.165, 1.54) is 7.11 Å². The van der Waals surface area contributed by atoms with Gasteiger partial charge in [0.1, 0.15) is 0 Å². The molecule has 0 radical (unpaired) electrons. The van der Waals surface area contributed by atoms with Crippen LogP contribution in [0.15, 0.2) is 24.3 Å². The first-order valence-electron chi connectivity index (χ1n) is 6.51. The molecule has 0 unspecified atom stereocenters. The van der Waals surface area contributed by atoms with Crippen molar-refractivity contribution in [2.24, 2.45) is 5.41 Å². The molecule has 0 aliphatic carbocycles. The zero-order valence-electron chi connectivity index (χ0n) is 12.4. The topological polar surface area (TPSA) is 67.4 Å². The summed E-state index contributed by atoms with van der Waals surface area (Å²) < 4.78 is 4.64. The minimum Gasteiger partial charge on any atom is -0.465 e. The van der Waals surface area contributed by atoms with Gasteiger partial charge in [-0.3, -0.25) is 4.79 Å². The molecule has 1 rings (SSSR count). The normalized spacial score (nSPS) is 11.0. The number of amides is 1. The van der Waals surface area contributed by atoms with Crippen LogP contribution in [0.2, 0.25) is 0 Å². The Morgan fingerprint density at radius 2 is 1.80 bits per heavy atom. The van der Waals surface area contributed by atoms with E-state index < -0.39 is 5.41 Å². The number of rotatable bonds is 6. The highest BCUT2D eigenvalue weighted by molar-refractivity contribution is 5.89. The fourth-order valence-electron chi connectivity index (χ4n) is 1.81. The maximum atomic E-state index is 11.6. The lowest BCUT2D eigenvalue weighted by atomic mass is 9.92. The summed E-state index contributed by atoms with van der Waals surface area (Å²) in [6.07, 6.45) is 0. The predicted molar refractivity (Wildman–Crippen MR) is 77.3 cm³/mol. The molecule has 0 aromatic heterocycles. The number of esters is 1. The van der Waals surface area contributed by atoms with E-state index in [1.54, 1.807) is 19.2 Å². The Balaban J connectivity index is 2.51. The van der Waals surface area contributed by atoms with E-state index in [9.17, 15) is 9.59 Å². The van der Waals surface area contributed by atoms with Crippen molar-refractivity contribution < 1.29 is 14.3 Å². The Kier molecular flexibility index (Phi) is 5.70. The van der Waals surface area contributed by atoms with Crippen LogP contribution in [-0.4, -0.2) is 32.6 Å². The highest BCUT2D eigenvalue weighted by atomic mass is 16.5. The fourth-order valence-corrected chi connectivity index (χ4v) is 1.81. The molecule has 1 aromatic carbocycles. The van der Waals surface area contributed by atoms with E-state index in [0.29, 0.717) is 18.7 Å². The number of methoxy groups -OCH3 is 1. The average Bonchev–Trinajstić information content (AvgIpc) is 2.46. The largest absolute Gasteiger partial charge is 0.465 e. The van der Waals surface area contributed by atoms with Crippen LogP contribution in [0.25, 0.3) is 0 Å². The SMILES string of the molecule is CNC(=O)C(C)(C)CNCc1ccc(C(=O)OC)cc1. The second-order valence-electron chi connectivity index (χ2n) is 5.26. The summed E-state index contributed by atoms with van der Waals surface area (Å²) in [5, 5.41) is 5.89. The monoisotopic (exact) mass is 278 g/mol. The van der Waals surface area contributed by atoms with Crippen LogP contribution >= 0.6 is 0 Å². The van der Waals surface area contributed by atoms with Crippen molar-refractivity contribution >= 4 is 11.9 Å². The molecule has 0 aliphatic rings. The Labute approximate surface area is 119 Å². The molecule has 110 valence electrons. The van der Waals surface area contributed by atoms with Crippen molar-refractivity contribution in [2.45, 2.75) is 20.4 Å². The molecule has 0 atom stereocenters. The molecule has 0 saturated carbocycles. The van der Waals surface area contributed by atoms with Gasteiger partial charge in [-0.1, -0.05) is 12.1 Å². The summed E-state index contributed by atoms with van der Waals surface area (Å²) in [4.78, 5) is 22.9. The number of hydrogen-bond donors (Lipinski definition) is 2. The third-order valence-corrected chi connectivity index (χ3v) is 3.11. The van der Waals surface area contributed by atoms with Crippen LogP contribution in [0.1, 0.15) is 29.8 Å². The Hall–Kier alpha value is -1.88. The van der Waals surface area contributed by atoms with Crippen molar-refractivity contribution in [3.8, 4) is 0 Å². The van der Waals surface area contributed by atoms with Crippen LogP contribution in [0.4, 0.5) is 0 Å². The summed E-state index contributed by atoms with van der Waals surface area (Å²) in [5.41, 5.74) is 1.12. The first-order chi connectivity index (χ1) is 9.40. The van der Waals surface area contributed by atoms with Gasteiger partial charge in [0.05, 0.1) is 18.1 Å². The molecular formula is C15H22N2O3. The van der Waals surface area contributed by atoms with Gasteiger partial charge in [-0.05, 0) is 31.5 Å². The van der Waals surface area contributed by atoms with Crippen molar-refractivity contribution in [3.05, 3.63) is 35.4 Å². The maximum absolute atomic E-state index is 11.6. The van der Waals surface area contributed by atoms with E-state index in [0.717, 1.165) is 5.56 Å². The van der Waals surface area contributed by atoms with Gasteiger partial charge in [-0.25, -0.2) is 4.79 Å². The van der Waals surface area contributed by atoms with Crippen LogP contribution in [-0.2, 0) is 16.1 Å². The van der Waals surface area contributed by atoms with Gasteiger partial charge < -0.3 is 15.4 Å². The van der Waals surface area contributed by atoms with Gasteiger partial charge in [0.15, 0.2) is 0 Å². The summed E-state index contributed by atoms with van der Waals surface area (Å²) >= 11 is 0. The van der Waals surface area contributed by atoms with E-state index in [2.05, 4.69) is 15.4 Å². The maximum Gasteiger partial charge on any atom is 0.337 e. The zero-order valence-corrected chi connectivity index (χ0v) is 12.4. The second-order valence-corrected chi connectivity index (χ2v) is 5.26. The summed E-state index contributed by atoms with van der Waals surface area (Å²) in [7, 11) is 2.99. The van der Waals surface area contributed by atoms with Crippen LogP contribution in [0, 0.1) is 5.41 Å². The Morgan fingerprint density at radius 3 is 2.30 bits per heavy atom. The lowest BCUT2D eigenvalue weighted by Gasteiger charge is -2.22. The number of benzene rings is 1. The molecule has 0 heterocycles.